The predicted octanol–water partition coefficient (Wildman–Crippen LogP) is 3.15. The zero-order chi connectivity index (χ0) is 16.2. The van der Waals surface area contributed by atoms with Crippen molar-refractivity contribution in [3.63, 3.8) is 0 Å². The van der Waals surface area contributed by atoms with Crippen LogP contribution < -0.4 is 4.74 Å². The van der Waals surface area contributed by atoms with Crippen LogP contribution in [0.5, 0.6) is 5.75 Å². The molecule has 0 saturated heterocycles. The van der Waals surface area contributed by atoms with E-state index in [1.54, 1.807) is 0 Å². The van der Waals surface area contributed by atoms with E-state index in [9.17, 15) is 26.7 Å². The standard InChI is InChI=1S/C12H12F5NO3/c1-3-21-8(19)4-6-7(12(15,16)17)5-18-9(11(13)14)10(6)20-2/h5,11H,3-4H2,1-2H3. The van der Waals surface area contributed by atoms with Crippen LogP contribution in [0.3, 0.4) is 0 Å². The zero-order valence-corrected chi connectivity index (χ0v) is 11.1. The average Bonchev–Trinajstić information content (AvgIpc) is 2.36. The Morgan fingerprint density at radius 2 is 2.00 bits per heavy atom. The van der Waals surface area contributed by atoms with Crippen molar-refractivity contribution in [1.29, 1.82) is 0 Å². The van der Waals surface area contributed by atoms with Crippen LogP contribution in [0, 0.1) is 0 Å². The number of nitrogens with zero attached hydrogens (tertiary/aromatic N) is 1. The van der Waals surface area contributed by atoms with E-state index in [1.807, 2.05) is 0 Å². The molecular weight excluding hydrogens is 301 g/mol. The number of carbonyl (C=O) groups is 1. The van der Waals surface area contributed by atoms with Crippen LogP contribution in [0.2, 0.25) is 0 Å². The van der Waals surface area contributed by atoms with Crippen molar-refractivity contribution in [2.75, 3.05) is 13.7 Å². The van der Waals surface area contributed by atoms with Gasteiger partial charge in [-0.3, -0.25) is 9.78 Å². The molecular formula is C12H12F5NO3. The lowest BCUT2D eigenvalue weighted by molar-refractivity contribution is -0.143. The smallest absolute Gasteiger partial charge is 0.418 e. The summed E-state index contributed by atoms with van der Waals surface area (Å²) >= 11 is 0. The lowest BCUT2D eigenvalue weighted by Gasteiger charge is -2.17. The van der Waals surface area contributed by atoms with Crippen molar-refractivity contribution >= 4 is 5.97 Å². The zero-order valence-electron chi connectivity index (χ0n) is 11.1. The number of pyridine rings is 1. The maximum atomic E-state index is 12.9. The summed E-state index contributed by atoms with van der Waals surface area (Å²) in [5, 5.41) is 0. The topological polar surface area (TPSA) is 48.4 Å². The number of hydrogen-bond donors (Lipinski definition) is 0. The maximum absolute atomic E-state index is 12.9. The number of rotatable bonds is 5. The van der Waals surface area contributed by atoms with Crippen LogP contribution in [-0.4, -0.2) is 24.7 Å². The summed E-state index contributed by atoms with van der Waals surface area (Å²) in [6, 6.07) is 0. The van der Waals surface area contributed by atoms with Crippen LogP contribution in [0.1, 0.15) is 30.2 Å². The third-order valence-corrected chi connectivity index (χ3v) is 2.51. The second kappa shape index (κ2) is 6.68. The van der Waals surface area contributed by atoms with E-state index in [0.717, 1.165) is 7.11 Å². The molecule has 21 heavy (non-hydrogen) atoms. The Morgan fingerprint density at radius 1 is 1.38 bits per heavy atom. The van der Waals surface area contributed by atoms with Crippen molar-refractivity contribution in [2.45, 2.75) is 25.9 Å². The average molecular weight is 313 g/mol. The van der Waals surface area contributed by atoms with Crippen molar-refractivity contribution in [3.05, 3.63) is 23.0 Å². The molecule has 0 radical (unpaired) electrons. The third kappa shape index (κ3) is 4.02. The van der Waals surface area contributed by atoms with Crippen molar-refractivity contribution in [3.8, 4) is 5.75 Å². The van der Waals surface area contributed by atoms with Crippen LogP contribution in [0.4, 0.5) is 22.0 Å². The molecule has 0 atom stereocenters. The highest BCUT2D eigenvalue weighted by Gasteiger charge is 2.37. The normalized spacial score (nSPS) is 11.6. The molecule has 0 aliphatic carbocycles. The van der Waals surface area contributed by atoms with Gasteiger partial charge in [0.05, 0.1) is 25.7 Å². The highest BCUT2D eigenvalue weighted by Crippen LogP contribution is 2.39. The lowest BCUT2D eigenvalue weighted by atomic mass is 10.0. The third-order valence-electron chi connectivity index (χ3n) is 2.51. The number of halogens is 5. The Morgan fingerprint density at radius 3 is 2.43 bits per heavy atom. The lowest BCUT2D eigenvalue weighted by Crippen LogP contribution is -2.17. The molecule has 0 saturated carbocycles. The first-order valence-corrected chi connectivity index (χ1v) is 5.79. The van der Waals surface area contributed by atoms with Gasteiger partial charge in [-0.05, 0) is 6.92 Å². The Labute approximate surface area is 116 Å². The van der Waals surface area contributed by atoms with E-state index in [4.69, 9.17) is 0 Å². The van der Waals surface area contributed by atoms with Crippen molar-refractivity contribution in [1.82, 2.24) is 4.98 Å². The van der Waals surface area contributed by atoms with E-state index in [0.29, 0.717) is 0 Å². The Balaban J connectivity index is 3.44. The molecule has 0 aliphatic heterocycles. The molecule has 1 heterocycles. The van der Waals surface area contributed by atoms with Gasteiger partial charge in [-0.15, -0.1) is 0 Å². The first-order valence-electron chi connectivity index (χ1n) is 5.79. The first-order chi connectivity index (χ1) is 9.72. The van der Waals surface area contributed by atoms with Crippen LogP contribution in [-0.2, 0) is 22.1 Å². The maximum Gasteiger partial charge on any atom is 0.418 e. The summed E-state index contributed by atoms with van der Waals surface area (Å²) in [5.74, 6) is -1.74. The van der Waals surface area contributed by atoms with Gasteiger partial charge in [0.2, 0.25) is 0 Å². The van der Waals surface area contributed by atoms with Crippen molar-refractivity contribution < 1.29 is 36.2 Å². The van der Waals surface area contributed by atoms with Gasteiger partial charge in [0.1, 0.15) is 5.69 Å². The minimum Gasteiger partial charge on any atom is -0.494 e. The quantitative estimate of drug-likeness (QED) is 0.619. The van der Waals surface area contributed by atoms with E-state index < -0.39 is 47.6 Å². The number of ether oxygens (including phenoxy) is 2. The summed E-state index contributed by atoms with van der Waals surface area (Å²) < 4.78 is 73.4. The second-order valence-electron chi connectivity index (χ2n) is 3.85. The molecule has 0 N–H and O–H groups in total. The molecule has 0 bridgehead atoms. The van der Waals surface area contributed by atoms with Gasteiger partial charge >= 0.3 is 12.1 Å². The summed E-state index contributed by atoms with van der Waals surface area (Å²) in [4.78, 5) is 14.5. The number of esters is 1. The van der Waals surface area contributed by atoms with E-state index in [1.165, 1.54) is 6.92 Å². The minimum atomic E-state index is -4.86. The Kier molecular flexibility index (Phi) is 5.45. The van der Waals surface area contributed by atoms with E-state index in [-0.39, 0.29) is 12.8 Å². The number of methoxy groups -OCH3 is 1. The fourth-order valence-electron chi connectivity index (χ4n) is 1.71. The molecule has 0 aromatic carbocycles. The molecule has 9 heteroatoms. The second-order valence-corrected chi connectivity index (χ2v) is 3.85. The van der Waals surface area contributed by atoms with Gasteiger partial charge in [-0.1, -0.05) is 0 Å². The summed E-state index contributed by atoms with van der Waals surface area (Å²) in [7, 11) is 0.928. The molecule has 0 aliphatic rings. The summed E-state index contributed by atoms with van der Waals surface area (Å²) in [5.41, 5.74) is -2.98. The summed E-state index contributed by atoms with van der Waals surface area (Å²) in [6.45, 7) is 1.42. The molecule has 0 unspecified atom stereocenters. The van der Waals surface area contributed by atoms with Gasteiger partial charge in [0.15, 0.2) is 5.75 Å². The van der Waals surface area contributed by atoms with Crippen LogP contribution in [0.15, 0.2) is 6.20 Å². The molecule has 0 amide bonds. The highest BCUT2D eigenvalue weighted by atomic mass is 19.4. The number of aromatic nitrogens is 1. The number of carbonyl (C=O) groups excluding carboxylic acids is 1. The van der Waals surface area contributed by atoms with Crippen molar-refractivity contribution in [2.24, 2.45) is 0 Å². The molecule has 1 aromatic heterocycles. The molecule has 1 aromatic rings. The molecule has 0 fully saturated rings. The number of alkyl halides is 5. The van der Waals surface area contributed by atoms with Gasteiger partial charge < -0.3 is 9.47 Å². The van der Waals surface area contributed by atoms with Crippen LogP contribution in [0.25, 0.3) is 0 Å². The van der Waals surface area contributed by atoms with Crippen LogP contribution >= 0.6 is 0 Å². The predicted molar refractivity (Wildman–Crippen MR) is 61.1 cm³/mol. The van der Waals surface area contributed by atoms with Gasteiger partial charge in [-0.2, -0.15) is 13.2 Å². The molecule has 118 valence electrons. The fraction of sp³-hybridized carbons (Fsp3) is 0.500. The van der Waals surface area contributed by atoms with E-state index in [2.05, 4.69) is 14.5 Å². The fourth-order valence-corrected chi connectivity index (χ4v) is 1.71. The molecule has 1 rings (SSSR count). The monoisotopic (exact) mass is 313 g/mol. The largest absolute Gasteiger partial charge is 0.494 e. The molecule has 0 spiro atoms. The first kappa shape index (κ1) is 17.1. The van der Waals surface area contributed by atoms with Gasteiger partial charge in [0.25, 0.3) is 6.43 Å². The summed E-state index contributed by atoms with van der Waals surface area (Å²) in [6.07, 6.45) is -8.57. The van der Waals surface area contributed by atoms with Gasteiger partial charge in [0, 0.05) is 11.8 Å². The molecule has 4 nitrogen and oxygen atoms in total. The van der Waals surface area contributed by atoms with E-state index >= 15 is 0 Å². The minimum absolute atomic E-state index is 0.0463. The Hall–Kier alpha value is -1.93. The highest BCUT2D eigenvalue weighted by molar-refractivity contribution is 5.74. The van der Waals surface area contributed by atoms with Gasteiger partial charge in [-0.25, -0.2) is 8.78 Å². The number of hydrogen-bond acceptors (Lipinski definition) is 4. The SMILES string of the molecule is CCOC(=O)Cc1c(C(F)(F)F)cnc(C(F)F)c1OC. The Bertz CT molecular complexity index is 516.